The van der Waals surface area contributed by atoms with E-state index < -0.39 is 41.4 Å². The zero-order valence-corrected chi connectivity index (χ0v) is 32.1. The van der Waals surface area contributed by atoms with Gasteiger partial charge < -0.3 is 19.5 Å². The minimum absolute atomic E-state index is 0.0174. The number of rotatable bonds is 11. The number of hydrogen-bond acceptors (Lipinski definition) is 8. The van der Waals surface area contributed by atoms with Crippen LogP contribution in [-0.4, -0.2) is 65.5 Å². The Morgan fingerprint density at radius 1 is 0.852 bits per heavy atom. The van der Waals surface area contributed by atoms with Gasteiger partial charge in [-0.2, -0.15) is 0 Å². The number of nitrogens with one attached hydrogen (secondary N) is 2. The molecule has 2 N–H and O–H groups in total. The molecule has 288 valence electrons. The third-order valence-electron chi connectivity index (χ3n) is 10.1. The van der Waals surface area contributed by atoms with Crippen LogP contribution in [0, 0.1) is 11.8 Å². The lowest BCUT2D eigenvalue weighted by Crippen LogP contribution is -2.55. The number of methoxy groups -OCH3 is 1. The van der Waals surface area contributed by atoms with E-state index in [1.165, 1.54) is 29.6 Å². The number of nitrogens with zero attached hydrogens (tertiary/aromatic N) is 2. The van der Waals surface area contributed by atoms with Crippen LogP contribution in [0.1, 0.15) is 98.5 Å². The molecule has 3 aromatic rings. The SMILES string of the molecule is COC(=O)c1ccc(COc2ccc(CN(NC(=O)[C@H](C)N(C)C(=O)OC(C)(C)C)C(=O)C3CCCC3C(=O)NC3CCCc4ccccc43)cc2)cc1. The largest absolute Gasteiger partial charge is 0.489 e. The standard InChI is InChI=1S/C42H52N4O8/c1-27(45(5)41(51)54-42(2,3)4)37(47)44-46(25-28-19-23-32(24-20-28)53-26-29-17-21-31(22-18-29)40(50)52-6)39(49)35-15-10-14-34(35)38(48)43-36-16-9-12-30-11-7-8-13-33(30)36/h7-8,11,13,17-24,27,34-36H,9-10,12,14-16,25-26H2,1-6H3,(H,43,48)(H,44,47)/t27-,34?,35?,36?/m0/s1. The highest BCUT2D eigenvalue weighted by Crippen LogP contribution is 2.36. The van der Waals surface area contributed by atoms with E-state index in [1.807, 2.05) is 12.1 Å². The third-order valence-corrected chi connectivity index (χ3v) is 10.1. The number of carbonyl (C=O) groups excluding carboxylic acids is 5. The highest BCUT2D eigenvalue weighted by molar-refractivity contribution is 5.91. The van der Waals surface area contributed by atoms with Gasteiger partial charge in [-0.05, 0) is 106 Å². The minimum atomic E-state index is -0.971. The molecule has 2 aliphatic rings. The zero-order valence-electron chi connectivity index (χ0n) is 32.1. The van der Waals surface area contributed by atoms with Crippen molar-refractivity contribution in [1.29, 1.82) is 0 Å². The summed E-state index contributed by atoms with van der Waals surface area (Å²) in [6.07, 6.45) is 3.88. The van der Waals surface area contributed by atoms with Gasteiger partial charge in [-0.25, -0.2) is 14.6 Å². The van der Waals surface area contributed by atoms with E-state index >= 15 is 0 Å². The quantitative estimate of drug-likeness (QED) is 0.173. The van der Waals surface area contributed by atoms with Crippen molar-refractivity contribution in [3.05, 3.63) is 101 Å². The number of aryl methyl sites for hydroxylation is 1. The van der Waals surface area contributed by atoms with Gasteiger partial charge in [0.2, 0.25) is 11.8 Å². The molecule has 0 saturated heterocycles. The van der Waals surface area contributed by atoms with Gasteiger partial charge in [-0.1, -0.05) is 55.0 Å². The Balaban J connectivity index is 1.30. The molecule has 0 bridgehead atoms. The first-order valence-corrected chi connectivity index (χ1v) is 18.6. The molecule has 0 spiro atoms. The summed E-state index contributed by atoms with van der Waals surface area (Å²) in [5.74, 6) is -2.12. The van der Waals surface area contributed by atoms with Crippen LogP contribution >= 0.6 is 0 Å². The lowest BCUT2D eigenvalue weighted by Gasteiger charge is -2.32. The van der Waals surface area contributed by atoms with Crippen LogP contribution in [0.2, 0.25) is 0 Å². The molecule has 2 aliphatic carbocycles. The molecule has 0 radical (unpaired) electrons. The first kappa shape index (κ1) is 39.8. The number of hydrazine groups is 1. The topological polar surface area (TPSA) is 144 Å². The van der Waals surface area contributed by atoms with E-state index in [4.69, 9.17) is 14.2 Å². The Bertz CT molecular complexity index is 1800. The molecule has 3 aromatic carbocycles. The second-order valence-electron chi connectivity index (χ2n) is 15.1. The summed E-state index contributed by atoms with van der Waals surface area (Å²) in [7, 11) is 2.80. The number of ether oxygens (including phenoxy) is 3. The molecule has 3 unspecified atom stereocenters. The summed E-state index contributed by atoms with van der Waals surface area (Å²) in [6.45, 7) is 7.07. The summed E-state index contributed by atoms with van der Waals surface area (Å²) in [5.41, 5.74) is 6.39. The molecule has 54 heavy (non-hydrogen) atoms. The normalized spacial score (nSPS) is 18.4. The van der Waals surface area contributed by atoms with Crippen molar-refractivity contribution >= 4 is 29.8 Å². The lowest BCUT2D eigenvalue weighted by molar-refractivity contribution is -0.149. The third kappa shape index (κ3) is 10.2. The first-order valence-electron chi connectivity index (χ1n) is 18.6. The molecule has 12 nitrogen and oxygen atoms in total. The Hall–Kier alpha value is -5.39. The summed E-state index contributed by atoms with van der Waals surface area (Å²) < 4.78 is 16.2. The van der Waals surface area contributed by atoms with Crippen molar-refractivity contribution in [1.82, 2.24) is 20.7 Å². The fourth-order valence-electron chi connectivity index (χ4n) is 6.91. The van der Waals surface area contributed by atoms with Crippen LogP contribution in [0.25, 0.3) is 0 Å². The molecule has 1 fully saturated rings. The van der Waals surface area contributed by atoms with Crippen molar-refractivity contribution < 1.29 is 38.2 Å². The predicted octanol–water partition coefficient (Wildman–Crippen LogP) is 6.28. The van der Waals surface area contributed by atoms with Gasteiger partial charge in [0.15, 0.2) is 0 Å². The van der Waals surface area contributed by atoms with Crippen molar-refractivity contribution in [2.24, 2.45) is 11.8 Å². The van der Waals surface area contributed by atoms with Crippen LogP contribution in [-0.2, 0) is 43.4 Å². The van der Waals surface area contributed by atoms with Crippen molar-refractivity contribution in [2.45, 2.75) is 97.1 Å². The van der Waals surface area contributed by atoms with Gasteiger partial charge in [-0.15, -0.1) is 0 Å². The van der Waals surface area contributed by atoms with E-state index in [0.717, 1.165) is 30.4 Å². The minimum Gasteiger partial charge on any atom is -0.489 e. The molecule has 0 heterocycles. The van der Waals surface area contributed by atoms with E-state index in [0.29, 0.717) is 36.1 Å². The zero-order chi connectivity index (χ0) is 39.0. The van der Waals surface area contributed by atoms with Gasteiger partial charge >= 0.3 is 12.1 Å². The molecule has 0 aromatic heterocycles. The maximum Gasteiger partial charge on any atom is 0.410 e. The summed E-state index contributed by atoms with van der Waals surface area (Å²) in [4.78, 5) is 67.6. The first-order chi connectivity index (χ1) is 25.7. The Morgan fingerprint density at radius 2 is 1.52 bits per heavy atom. The van der Waals surface area contributed by atoms with Crippen LogP contribution in [0.4, 0.5) is 4.79 Å². The molecular formula is C42H52N4O8. The van der Waals surface area contributed by atoms with E-state index in [1.54, 1.807) is 76.2 Å². The average Bonchev–Trinajstić information content (AvgIpc) is 3.66. The second-order valence-corrected chi connectivity index (χ2v) is 15.1. The maximum absolute atomic E-state index is 14.4. The van der Waals surface area contributed by atoms with Crippen LogP contribution < -0.4 is 15.5 Å². The Labute approximate surface area is 317 Å². The van der Waals surface area contributed by atoms with Crippen LogP contribution in [0.3, 0.4) is 0 Å². The number of hydrogen-bond donors (Lipinski definition) is 2. The molecule has 4 amide bonds. The molecule has 5 rings (SSSR count). The van der Waals surface area contributed by atoms with E-state index in [2.05, 4.69) is 22.9 Å². The summed E-state index contributed by atoms with van der Waals surface area (Å²) in [5, 5.41) is 4.52. The van der Waals surface area contributed by atoms with E-state index in [-0.39, 0.29) is 31.0 Å². The fraction of sp³-hybridized carbons (Fsp3) is 0.452. The number of amides is 4. The average molecular weight is 741 g/mol. The number of fused-ring (bicyclic) bond motifs is 1. The van der Waals surface area contributed by atoms with Crippen molar-refractivity contribution in [3.8, 4) is 5.75 Å². The summed E-state index contributed by atoms with van der Waals surface area (Å²) in [6, 6.07) is 21.2. The summed E-state index contributed by atoms with van der Waals surface area (Å²) >= 11 is 0. The monoisotopic (exact) mass is 740 g/mol. The Morgan fingerprint density at radius 3 is 2.20 bits per heavy atom. The van der Waals surface area contributed by atoms with E-state index in [9.17, 15) is 24.0 Å². The van der Waals surface area contributed by atoms with Gasteiger partial charge in [0.05, 0.1) is 31.2 Å². The highest BCUT2D eigenvalue weighted by Gasteiger charge is 2.41. The molecule has 0 aliphatic heterocycles. The molecule has 1 saturated carbocycles. The van der Waals surface area contributed by atoms with Crippen molar-refractivity contribution in [2.75, 3.05) is 14.2 Å². The van der Waals surface area contributed by atoms with Crippen LogP contribution in [0.5, 0.6) is 5.75 Å². The smallest absolute Gasteiger partial charge is 0.410 e. The number of benzene rings is 3. The van der Waals surface area contributed by atoms with Gasteiger partial charge in [-0.3, -0.25) is 24.7 Å². The van der Waals surface area contributed by atoms with Gasteiger partial charge in [0.1, 0.15) is 24.0 Å². The van der Waals surface area contributed by atoms with Crippen molar-refractivity contribution in [3.63, 3.8) is 0 Å². The highest BCUT2D eigenvalue weighted by atomic mass is 16.6. The number of likely N-dealkylation sites (N-methyl/N-ethyl adjacent to an activating group) is 1. The maximum atomic E-state index is 14.4. The number of carbonyl (C=O) groups is 5. The fourth-order valence-corrected chi connectivity index (χ4v) is 6.91. The van der Waals surface area contributed by atoms with Gasteiger partial charge in [0, 0.05) is 13.0 Å². The Kier molecular flexibility index (Phi) is 13.0. The predicted molar refractivity (Wildman–Crippen MR) is 202 cm³/mol. The van der Waals surface area contributed by atoms with Crippen LogP contribution in [0.15, 0.2) is 72.8 Å². The van der Waals surface area contributed by atoms with Gasteiger partial charge in [0.25, 0.3) is 5.91 Å². The molecule has 12 heteroatoms. The second kappa shape index (κ2) is 17.6. The lowest BCUT2D eigenvalue weighted by atomic mass is 9.86. The number of esters is 1. The molecule has 4 atom stereocenters. The molecular weight excluding hydrogens is 688 g/mol.